The first kappa shape index (κ1) is 24.7. The lowest BCUT2D eigenvalue weighted by Gasteiger charge is -2.27. The van der Waals surface area contributed by atoms with Crippen molar-refractivity contribution >= 4 is 11.9 Å². The van der Waals surface area contributed by atoms with E-state index in [2.05, 4.69) is 21.3 Å². The molecule has 2 aliphatic rings. The van der Waals surface area contributed by atoms with Crippen LogP contribution in [0.3, 0.4) is 0 Å². The highest BCUT2D eigenvalue weighted by Gasteiger charge is 2.20. The third-order valence-electron chi connectivity index (χ3n) is 6.08. The fourth-order valence-electron chi connectivity index (χ4n) is 4.13. The Balaban J connectivity index is 1.32. The summed E-state index contributed by atoms with van der Waals surface area (Å²) in [5, 5.41) is 2.95. The van der Waals surface area contributed by atoms with Crippen LogP contribution in [-0.4, -0.2) is 61.4 Å². The minimum atomic E-state index is -0.240. The molecule has 37 heavy (non-hydrogen) atoms. The largest absolute Gasteiger partial charge is 0.457 e. The number of para-hydroxylation sites is 1. The number of rotatable bonds is 9. The van der Waals surface area contributed by atoms with Gasteiger partial charge in [-0.1, -0.05) is 42.5 Å². The molecule has 3 aromatic rings. The fourth-order valence-corrected chi connectivity index (χ4v) is 4.13. The summed E-state index contributed by atoms with van der Waals surface area (Å²) in [6, 6.07) is 17.2. The van der Waals surface area contributed by atoms with E-state index in [0.717, 1.165) is 17.7 Å². The minimum Gasteiger partial charge on any atom is -0.457 e. The molecule has 1 fully saturated rings. The molecule has 5 rings (SSSR count). The van der Waals surface area contributed by atoms with Gasteiger partial charge in [0.25, 0.3) is 5.91 Å². The zero-order valence-electron chi connectivity index (χ0n) is 20.6. The van der Waals surface area contributed by atoms with Gasteiger partial charge in [0.1, 0.15) is 11.5 Å². The molecular weight excluding hydrogens is 468 g/mol. The smallest absolute Gasteiger partial charge is 0.255 e. The highest BCUT2D eigenvalue weighted by atomic mass is 16.5. The number of ether oxygens (including phenoxy) is 3. The monoisotopic (exact) mass is 498 g/mol. The molecule has 1 aliphatic heterocycles. The van der Waals surface area contributed by atoms with E-state index in [0.29, 0.717) is 62.4 Å². The molecule has 2 heterocycles. The molecule has 1 saturated heterocycles. The van der Waals surface area contributed by atoms with E-state index in [9.17, 15) is 4.79 Å². The quantitative estimate of drug-likeness (QED) is 0.438. The van der Waals surface area contributed by atoms with Crippen molar-refractivity contribution < 1.29 is 19.0 Å². The Morgan fingerprint density at radius 2 is 1.81 bits per heavy atom. The number of nitrogens with zero attached hydrogens (tertiary/aromatic N) is 3. The Kier molecular flexibility index (Phi) is 8.20. The van der Waals surface area contributed by atoms with Crippen LogP contribution in [0.5, 0.6) is 11.5 Å². The minimum absolute atomic E-state index is 0.0465. The van der Waals surface area contributed by atoms with E-state index in [1.165, 1.54) is 0 Å². The third kappa shape index (κ3) is 6.61. The number of benzene rings is 2. The van der Waals surface area contributed by atoms with Crippen LogP contribution in [-0.2, 0) is 9.47 Å². The number of hydrogen-bond donors (Lipinski definition) is 1. The molecule has 1 N–H and O–H groups in total. The molecule has 0 bridgehead atoms. The number of hydrogen-bond acceptors (Lipinski definition) is 7. The van der Waals surface area contributed by atoms with E-state index in [1.54, 1.807) is 6.20 Å². The summed E-state index contributed by atoms with van der Waals surface area (Å²) in [5.41, 5.74) is 1.79. The van der Waals surface area contributed by atoms with Gasteiger partial charge in [-0.3, -0.25) is 4.79 Å². The number of morpholine rings is 1. The van der Waals surface area contributed by atoms with Crippen molar-refractivity contribution in [3.63, 3.8) is 0 Å². The number of aromatic nitrogens is 2. The zero-order valence-corrected chi connectivity index (χ0v) is 20.6. The van der Waals surface area contributed by atoms with E-state index in [4.69, 9.17) is 19.2 Å². The summed E-state index contributed by atoms with van der Waals surface area (Å²) in [6.07, 6.45) is 10.6. The van der Waals surface area contributed by atoms with Crippen molar-refractivity contribution in [1.82, 2.24) is 15.3 Å². The maximum absolute atomic E-state index is 13.2. The molecule has 190 valence electrons. The van der Waals surface area contributed by atoms with Crippen molar-refractivity contribution in [2.45, 2.75) is 12.5 Å². The van der Waals surface area contributed by atoms with Gasteiger partial charge in [0.05, 0.1) is 37.2 Å². The van der Waals surface area contributed by atoms with Gasteiger partial charge >= 0.3 is 0 Å². The lowest BCUT2D eigenvalue weighted by Crippen LogP contribution is -2.37. The molecule has 1 aromatic heterocycles. The van der Waals surface area contributed by atoms with Crippen molar-refractivity contribution in [2.75, 3.05) is 44.4 Å². The van der Waals surface area contributed by atoms with Crippen molar-refractivity contribution in [3.05, 3.63) is 90.7 Å². The predicted molar refractivity (Wildman–Crippen MR) is 142 cm³/mol. The molecule has 1 unspecified atom stereocenters. The van der Waals surface area contributed by atoms with Gasteiger partial charge in [-0.15, -0.1) is 0 Å². The normalized spacial score (nSPS) is 17.0. The lowest BCUT2D eigenvalue weighted by molar-refractivity contribution is 0.0796. The second-order valence-electron chi connectivity index (χ2n) is 8.69. The van der Waals surface area contributed by atoms with Gasteiger partial charge in [0.15, 0.2) is 0 Å². The number of carbonyl (C=O) groups excluding carboxylic acids is 1. The molecule has 1 aliphatic carbocycles. The maximum atomic E-state index is 13.2. The number of allylic oxidation sites excluding steroid dienone is 2. The van der Waals surface area contributed by atoms with Crippen LogP contribution in [0.2, 0.25) is 0 Å². The van der Waals surface area contributed by atoms with Crippen LogP contribution in [0.4, 0.5) is 5.95 Å². The van der Waals surface area contributed by atoms with Gasteiger partial charge in [0.2, 0.25) is 5.95 Å². The summed E-state index contributed by atoms with van der Waals surface area (Å²) in [4.78, 5) is 24.5. The Hall–Kier alpha value is -4.01. The van der Waals surface area contributed by atoms with Crippen LogP contribution in [0.1, 0.15) is 16.8 Å². The summed E-state index contributed by atoms with van der Waals surface area (Å²) in [5.74, 6) is 1.80. The molecule has 1 amide bonds. The second-order valence-corrected chi connectivity index (χ2v) is 8.69. The summed E-state index contributed by atoms with van der Waals surface area (Å²) >= 11 is 0. The highest BCUT2D eigenvalue weighted by molar-refractivity contribution is 5.99. The highest BCUT2D eigenvalue weighted by Crippen LogP contribution is 2.28. The molecule has 0 radical (unpaired) electrons. The summed E-state index contributed by atoms with van der Waals surface area (Å²) in [6.45, 7) is 3.47. The van der Waals surface area contributed by atoms with E-state index >= 15 is 0 Å². The van der Waals surface area contributed by atoms with Crippen molar-refractivity contribution in [2.24, 2.45) is 0 Å². The topological polar surface area (TPSA) is 85.8 Å². The molecule has 0 saturated carbocycles. The standard InChI is InChI=1S/C29H30N4O4/c34-28(30-15-18-36-23-7-3-1-4-8-23)26-21-31-29(33-16-19-35-20-17-33)32-27(26)22-11-13-25(14-12-22)37-24-9-5-2-6-10-24/h1-7,9-14,21,23H,8,15-20H2,(H,30,34). The van der Waals surface area contributed by atoms with Crippen LogP contribution in [0.25, 0.3) is 11.3 Å². The molecule has 2 aromatic carbocycles. The number of nitrogens with one attached hydrogen (secondary N) is 1. The van der Waals surface area contributed by atoms with Crippen LogP contribution < -0.4 is 15.0 Å². The molecule has 1 atom stereocenters. The van der Waals surface area contributed by atoms with Crippen LogP contribution >= 0.6 is 0 Å². The number of carbonyl (C=O) groups is 1. The van der Waals surface area contributed by atoms with Gasteiger partial charge < -0.3 is 24.4 Å². The second kappa shape index (κ2) is 12.3. The first-order valence-corrected chi connectivity index (χ1v) is 12.5. The zero-order chi connectivity index (χ0) is 25.3. The van der Waals surface area contributed by atoms with Crippen LogP contribution in [0, 0.1) is 0 Å². The number of anilines is 1. The van der Waals surface area contributed by atoms with Crippen LogP contribution in [0.15, 0.2) is 85.1 Å². The Bertz CT molecular complexity index is 1240. The molecular formula is C29H30N4O4. The number of amides is 1. The molecule has 0 spiro atoms. The first-order chi connectivity index (χ1) is 18.3. The van der Waals surface area contributed by atoms with Gasteiger partial charge in [0, 0.05) is 31.4 Å². The maximum Gasteiger partial charge on any atom is 0.255 e. The molecule has 8 nitrogen and oxygen atoms in total. The van der Waals surface area contributed by atoms with Gasteiger partial charge in [-0.2, -0.15) is 0 Å². The average Bonchev–Trinajstić information content (AvgIpc) is 2.97. The van der Waals surface area contributed by atoms with E-state index in [1.807, 2.05) is 72.8 Å². The first-order valence-electron chi connectivity index (χ1n) is 12.5. The van der Waals surface area contributed by atoms with Gasteiger partial charge in [-0.25, -0.2) is 9.97 Å². The predicted octanol–water partition coefficient (Wildman–Crippen LogP) is 4.40. The Morgan fingerprint density at radius 1 is 1.03 bits per heavy atom. The Labute approximate surface area is 216 Å². The van der Waals surface area contributed by atoms with Crippen molar-refractivity contribution in [3.8, 4) is 22.8 Å². The lowest BCUT2D eigenvalue weighted by atomic mass is 10.1. The summed E-state index contributed by atoms with van der Waals surface area (Å²) < 4.78 is 17.2. The Morgan fingerprint density at radius 3 is 2.57 bits per heavy atom. The average molecular weight is 499 g/mol. The van der Waals surface area contributed by atoms with Crippen molar-refractivity contribution in [1.29, 1.82) is 0 Å². The van der Waals surface area contributed by atoms with Gasteiger partial charge in [-0.05, 0) is 42.8 Å². The SMILES string of the molecule is O=C(NCCOC1C=CC=CC1)c1cnc(N2CCOCC2)nc1-c1ccc(Oc2ccccc2)cc1. The molecule has 8 heteroatoms. The van der Waals surface area contributed by atoms with E-state index < -0.39 is 0 Å². The summed E-state index contributed by atoms with van der Waals surface area (Å²) in [7, 11) is 0. The van der Waals surface area contributed by atoms with E-state index in [-0.39, 0.29) is 12.0 Å². The third-order valence-corrected chi connectivity index (χ3v) is 6.08. The fraction of sp³-hybridized carbons (Fsp3) is 0.276.